The van der Waals surface area contributed by atoms with Crippen molar-refractivity contribution in [3.05, 3.63) is 17.5 Å². The summed E-state index contributed by atoms with van der Waals surface area (Å²) >= 11 is 1.81. The average Bonchev–Trinajstić information content (AvgIpc) is 3.11. The number of aromatic nitrogens is 1. The fraction of sp³-hybridized carbons (Fsp3) is 0.765. The molecule has 2 aliphatic heterocycles. The number of nitrogens with one attached hydrogen (secondary N) is 1. The zero-order chi connectivity index (χ0) is 20.0. The maximum Gasteiger partial charge on any atom is 0.215 e. The Morgan fingerprint density at radius 3 is 2.52 bits per heavy atom. The van der Waals surface area contributed by atoms with Crippen molar-refractivity contribution in [3.63, 3.8) is 0 Å². The molecule has 1 aromatic rings. The first-order valence-electron chi connectivity index (χ1n) is 9.63. The van der Waals surface area contributed by atoms with Gasteiger partial charge in [0.15, 0.2) is 5.96 Å². The Kier molecular flexibility index (Phi) is 9.98. The van der Waals surface area contributed by atoms with Gasteiger partial charge in [-0.2, -0.15) is 11.8 Å². The second-order valence-electron chi connectivity index (χ2n) is 6.99. The summed E-state index contributed by atoms with van der Waals surface area (Å²) in [5, 5.41) is 7.27. The molecule has 0 aliphatic carbocycles. The normalized spacial score (nSPS) is 19.8. The lowest BCUT2D eigenvalue weighted by Gasteiger charge is -2.36. The first kappa shape index (κ1) is 24.7. The van der Waals surface area contributed by atoms with Crippen LogP contribution in [0.5, 0.6) is 0 Å². The van der Waals surface area contributed by atoms with Gasteiger partial charge >= 0.3 is 0 Å². The number of nitrogens with zero attached hydrogens (tertiary/aromatic N) is 5. The molecule has 0 bridgehead atoms. The van der Waals surface area contributed by atoms with Crippen molar-refractivity contribution >= 4 is 51.7 Å². The fourth-order valence-electron chi connectivity index (χ4n) is 3.42. The Hall–Kier alpha value is -0.570. The number of piperazine rings is 1. The Bertz CT molecular complexity index is 759. The summed E-state index contributed by atoms with van der Waals surface area (Å²) < 4.78 is 31.6. The van der Waals surface area contributed by atoms with E-state index in [-0.39, 0.29) is 29.7 Å². The van der Waals surface area contributed by atoms with Crippen LogP contribution in [0.15, 0.2) is 15.6 Å². The van der Waals surface area contributed by atoms with Crippen LogP contribution >= 0.6 is 35.7 Å². The predicted octanol–water partition coefficient (Wildman–Crippen LogP) is 0.673. The highest BCUT2D eigenvalue weighted by Gasteiger charge is 2.25. The van der Waals surface area contributed by atoms with Crippen LogP contribution in [0.4, 0.5) is 0 Å². The Labute approximate surface area is 194 Å². The molecule has 1 aromatic heterocycles. The predicted molar refractivity (Wildman–Crippen MR) is 128 cm³/mol. The van der Waals surface area contributed by atoms with Crippen molar-refractivity contribution in [3.8, 4) is 0 Å². The number of sulfonamides is 1. The van der Waals surface area contributed by atoms with E-state index in [2.05, 4.69) is 25.3 Å². The summed E-state index contributed by atoms with van der Waals surface area (Å²) in [5.74, 6) is 3.46. The number of aliphatic imine (C=N–C) groups is 1. The van der Waals surface area contributed by atoms with E-state index >= 15 is 0 Å². The molecule has 166 valence electrons. The Balaban J connectivity index is 0.00000300. The first-order chi connectivity index (χ1) is 13.5. The van der Waals surface area contributed by atoms with E-state index in [0.717, 1.165) is 61.6 Å². The molecule has 0 atom stereocenters. The SMILES string of the molecule is CN=C(NCCS(=O)(=O)N1CCSCC1)N1CCN(Cc2cc(C)on2)CC1.I. The molecule has 0 saturated carbocycles. The molecule has 3 rings (SSSR count). The van der Waals surface area contributed by atoms with Gasteiger partial charge < -0.3 is 14.7 Å². The van der Waals surface area contributed by atoms with Crippen LogP contribution < -0.4 is 5.32 Å². The largest absolute Gasteiger partial charge is 0.361 e. The third kappa shape index (κ3) is 7.26. The molecule has 29 heavy (non-hydrogen) atoms. The third-order valence-electron chi connectivity index (χ3n) is 4.95. The van der Waals surface area contributed by atoms with E-state index in [1.807, 2.05) is 13.0 Å². The molecule has 0 aromatic carbocycles. The smallest absolute Gasteiger partial charge is 0.215 e. The fourth-order valence-corrected chi connectivity index (χ4v) is 5.91. The lowest BCUT2D eigenvalue weighted by molar-refractivity contribution is 0.169. The summed E-state index contributed by atoms with van der Waals surface area (Å²) in [7, 11) is -1.46. The Morgan fingerprint density at radius 2 is 1.93 bits per heavy atom. The van der Waals surface area contributed by atoms with Gasteiger partial charge in [-0.05, 0) is 6.92 Å². The van der Waals surface area contributed by atoms with Crippen LogP contribution in [0, 0.1) is 6.92 Å². The lowest BCUT2D eigenvalue weighted by atomic mass is 10.3. The topological polar surface area (TPSA) is 94.3 Å². The second kappa shape index (κ2) is 11.7. The number of halogens is 1. The van der Waals surface area contributed by atoms with E-state index in [9.17, 15) is 8.42 Å². The van der Waals surface area contributed by atoms with Crippen LogP contribution in [0.3, 0.4) is 0 Å². The molecule has 3 heterocycles. The Morgan fingerprint density at radius 1 is 1.24 bits per heavy atom. The quantitative estimate of drug-likeness (QED) is 0.310. The van der Waals surface area contributed by atoms with Gasteiger partial charge in [0.1, 0.15) is 5.76 Å². The van der Waals surface area contributed by atoms with E-state index in [1.54, 1.807) is 23.1 Å². The summed E-state index contributed by atoms with van der Waals surface area (Å²) in [6.07, 6.45) is 0. The highest BCUT2D eigenvalue weighted by Crippen LogP contribution is 2.13. The average molecular weight is 559 g/mol. The number of thioether (sulfide) groups is 1. The summed E-state index contributed by atoms with van der Waals surface area (Å²) in [6.45, 7) is 7.77. The van der Waals surface area contributed by atoms with Gasteiger partial charge in [0.25, 0.3) is 0 Å². The molecule has 9 nitrogen and oxygen atoms in total. The molecule has 2 aliphatic rings. The summed E-state index contributed by atoms with van der Waals surface area (Å²) in [6, 6.07) is 1.97. The van der Waals surface area contributed by atoms with Crippen LogP contribution in [0.2, 0.25) is 0 Å². The maximum atomic E-state index is 12.5. The van der Waals surface area contributed by atoms with Crippen LogP contribution in [0.25, 0.3) is 0 Å². The number of hydrogen-bond donors (Lipinski definition) is 1. The molecular formula is C17H31IN6O3S2. The number of guanidine groups is 1. The highest BCUT2D eigenvalue weighted by molar-refractivity contribution is 14.0. The number of hydrogen-bond acceptors (Lipinski definition) is 7. The molecule has 0 unspecified atom stereocenters. The number of aryl methyl sites for hydroxylation is 1. The van der Waals surface area contributed by atoms with Gasteiger partial charge in [0, 0.05) is 77.0 Å². The van der Waals surface area contributed by atoms with Gasteiger partial charge in [0.2, 0.25) is 10.0 Å². The summed E-state index contributed by atoms with van der Waals surface area (Å²) in [5.41, 5.74) is 0.953. The third-order valence-corrected chi connectivity index (χ3v) is 7.77. The standard InChI is InChI=1S/C17H30N6O3S2.HI/c1-15-13-16(20-26-15)14-21-4-6-22(7-5-21)17(18-2)19-3-12-28(24,25)23-8-10-27-11-9-23;/h13H,3-12,14H2,1-2H3,(H,18,19);1H. The van der Waals surface area contributed by atoms with Crippen molar-refractivity contribution in [2.45, 2.75) is 13.5 Å². The summed E-state index contributed by atoms with van der Waals surface area (Å²) in [4.78, 5) is 8.84. The van der Waals surface area contributed by atoms with Gasteiger partial charge in [-0.3, -0.25) is 9.89 Å². The maximum absolute atomic E-state index is 12.5. The van der Waals surface area contributed by atoms with Crippen LogP contribution in [-0.2, 0) is 16.6 Å². The van der Waals surface area contributed by atoms with E-state index < -0.39 is 10.0 Å². The van der Waals surface area contributed by atoms with Crippen molar-refractivity contribution in [2.75, 3.05) is 70.1 Å². The number of rotatable bonds is 6. The molecule has 0 amide bonds. The lowest BCUT2D eigenvalue weighted by Crippen LogP contribution is -2.53. The second-order valence-corrected chi connectivity index (χ2v) is 10.3. The first-order valence-corrected chi connectivity index (χ1v) is 12.4. The molecule has 2 saturated heterocycles. The zero-order valence-electron chi connectivity index (χ0n) is 17.0. The van der Waals surface area contributed by atoms with Gasteiger partial charge in [-0.15, -0.1) is 24.0 Å². The molecular weight excluding hydrogens is 527 g/mol. The molecule has 0 radical (unpaired) electrons. The van der Waals surface area contributed by atoms with Crippen molar-refractivity contribution < 1.29 is 12.9 Å². The van der Waals surface area contributed by atoms with Gasteiger partial charge in [-0.25, -0.2) is 12.7 Å². The van der Waals surface area contributed by atoms with Crippen LogP contribution in [-0.4, -0.2) is 104 Å². The van der Waals surface area contributed by atoms with Gasteiger partial charge in [0.05, 0.1) is 11.4 Å². The molecule has 2 fully saturated rings. The van der Waals surface area contributed by atoms with Gasteiger partial charge in [-0.1, -0.05) is 5.16 Å². The molecule has 0 spiro atoms. The minimum atomic E-state index is -3.20. The van der Waals surface area contributed by atoms with E-state index in [0.29, 0.717) is 19.6 Å². The minimum absolute atomic E-state index is 0. The molecule has 12 heteroatoms. The highest BCUT2D eigenvalue weighted by atomic mass is 127. The minimum Gasteiger partial charge on any atom is -0.361 e. The van der Waals surface area contributed by atoms with Crippen LogP contribution in [0.1, 0.15) is 11.5 Å². The monoisotopic (exact) mass is 558 g/mol. The van der Waals surface area contributed by atoms with Crippen molar-refractivity contribution in [2.24, 2.45) is 4.99 Å². The van der Waals surface area contributed by atoms with Crippen molar-refractivity contribution in [1.82, 2.24) is 24.6 Å². The molecule has 1 N–H and O–H groups in total. The van der Waals surface area contributed by atoms with E-state index in [1.165, 1.54) is 0 Å². The zero-order valence-corrected chi connectivity index (χ0v) is 21.0. The van der Waals surface area contributed by atoms with E-state index in [4.69, 9.17) is 4.52 Å². The van der Waals surface area contributed by atoms with Crippen molar-refractivity contribution in [1.29, 1.82) is 0 Å².